The molecule has 0 saturated carbocycles. The van der Waals surface area contributed by atoms with E-state index in [-0.39, 0.29) is 18.1 Å². The normalized spacial score (nSPS) is 15.1. The van der Waals surface area contributed by atoms with E-state index in [2.05, 4.69) is 33.7 Å². The minimum Gasteiger partial charge on any atom is -0.490 e. The van der Waals surface area contributed by atoms with Gasteiger partial charge in [0, 0.05) is 11.1 Å². The molecule has 1 aliphatic rings. The van der Waals surface area contributed by atoms with E-state index < -0.39 is 0 Å². The largest absolute Gasteiger partial charge is 0.490 e. The Morgan fingerprint density at radius 2 is 2.06 bits per heavy atom. The summed E-state index contributed by atoms with van der Waals surface area (Å²) >= 11 is 1.51. The molecule has 1 heterocycles. The Bertz CT molecular complexity index is 1230. The number of hydrogen-bond acceptors (Lipinski definition) is 7. The third kappa shape index (κ3) is 5.27. The monoisotopic (exact) mass is 475 g/mol. The Morgan fingerprint density at radius 3 is 2.79 bits per heavy atom. The molecule has 0 fully saturated rings. The van der Waals surface area contributed by atoms with Crippen molar-refractivity contribution in [2.45, 2.75) is 45.3 Å². The maximum atomic E-state index is 12.4. The molecule has 1 amide bonds. The van der Waals surface area contributed by atoms with Gasteiger partial charge in [-0.15, -0.1) is 10.2 Å². The molecule has 34 heavy (non-hydrogen) atoms. The highest BCUT2D eigenvalue weighted by Gasteiger charge is 2.25. The van der Waals surface area contributed by atoms with E-state index in [0.29, 0.717) is 17.9 Å². The van der Waals surface area contributed by atoms with E-state index in [4.69, 9.17) is 4.74 Å². The molecule has 1 unspecified atom stereocenters. The van der Waals surface area contributed by atoms with Gasteiger partial charge in [0.2, 0.25) is 5.91 Å². The Morgan fingerprint density at radius 1 is 1.26 bits per heavy atom. The molecule has 2 aromatic carbocycles. The molecule has 1 N–H and O–H groups in total. The van der Waals surface area contributed by atoms with Gasteiger partial charge in [-0.2, -0.15) is 5.26 Å². The zero-order valence-corrected chi connectivity index (χ0v) is 20.8. The molecule has 0 saturated heterocycles. The average molecular weight is 476 g/mol. The summed E-state index contributed by atoms with van der Waals surface area (Å²) < 4.78 is 5.73. The third-order valence-electron chi connectivity index (χ3n) is 5.67. The fraction of sp³-hybridized carbons (Fsp3) is 0.385. The first-order valence-corrected chi connectivity index (χ1v) is 12.3. The molecular formula is C26H29N5O2S. The number of aromatic nitrogens is 2. The maximum absolute atomic E-state index is 12.4. The van der Waals surface area contributed by atoms with Crippen LogP contribution in [0.25, 0.3) is 21.1 Å². The second-order valence-electron chi connectivity index (χ2n) is 9.03. The zero-order valence-electron chi connectivity index (χ0n) is 20.0. The highest BCUT2D eigenvalue weighted by atomic mass is 32.1. The smallest absolute Gasteiger partial charge is 0.234 e. The molecule has 8 heteroatoms. The van der Waals surface area contributed by atoms with Gasteiger partial charge in [-0.3, -0.25) is 4.79 Å². The predicted octanol–water partition coefficient (Wildman–Crippen LogP) is 4.59. The van der Waals surface area contributed by atoms with Crippen molar-refractivity contribution in [1.29, 1.82) is 5.26 Å². The van der Waals surface area contributed by atoms with Gasteiger partial charge in [-0.25, -0.2) is 0 Å². The quantitative estimate of drug-likeness (QED) is 0.538. The van der Waals surface area contributed by atoms with Crippen LogP contribution in [0.15, 0.2) is 36.4 Å². The van der Waals surface area contributed by atoms with Gasteiger partial charge in [0.15, 0.2) is 0 Å². The van der Waals surface area contributed by atoms with E-state index in [1.54, 1.807) is 6.07 Å². The number of rotatable bonds is 7. The van der Waals surface area contributed by atoms with Crippen molar-refractivity contribution in [3.63, 3.8) is 0 Å². The molecule has 176 valence electrons. The summed E-state index contributed by atoms with van der Waals surface area (Å²) in [4.78, 5) is 14.2. The molecule has 1 atom stereocenters. The van der Waals surface area contributed by atoms with Crippen molar-refractivity contribution >= 4 is 17.2 Å². The molecular weight excluding hydrogens is 446 g/mol. The van der Waals surface area contributed by atoms with Crippen LogP contribution in [0.2, 0.25) is 0 Å². The van der Waals surface area contributed by atoms with Crippen LogP contribution in [0, 0.1) is 11.3 Å². The highest BCUT2D eigenvalue weighted by Crippen LogP contribution is 2.39. The molecule has 0 aliphatic heterocycles. The van der Waals surface area contributed by atoms with Crippen LogP contribution in [0.1, 0.15) is 49.4 Å². The molecule has 3 aromatic rings. The minimum atomic E-state index is -0.00756. The van der Waals surface area contributed by atoms with Gasteiger partial charge >= 0.3 is 0 Å². The van der Waals surface area contributed by atoms with Crippen LogP contribution >= 0.6 is 11.3 Å². The standard InChI is InChI=1S/C26H29N5O2S/c1-16(2)33-23-12-11-17(13-18(23)14-27)25-29-30-26(34-25)21-9-5-8-20-19(21)7-6-10-22(20)28-24(32)15-31(3)4/h5,8-9,11-13,16,22H,6-7,10,15H2,1-4H3,(H,28,32). The molecule has 0 spiro atoms. The number of hydrogen-bond donors (Lipinski definition) is 1. The fourth-order valence-corrected chi connectivity index (χ4v) is 5.17. The van der Waals surface area contributed by atoms with Crippen molar-refractivity contribution < 1.29 is 9.53 Å². The number of ether oxygens (including phenoxy) is 1. The van der Waals surface area contributed by atoms with Crippen molar-refractivity contribution in [2.24, 2.45) is 0 Å². The van der Waals surface area contributed by atoms with Crippen molar-refractivity contribution in [1.82, 2.24) is 20.4 Å². The first-order valence-electron chi connectivity index (χ1n) is 11.5. The number of carbonyl (C=O) groups is 1. The van der Waals surface area contributed by atoms with E-state index in [9.17, 15) is 10.1 Å². The summed E-state index contributed by atoms with van der Waals surface area (Å²) in [6.45, 7) is 4.24. The second-order valence-corrected chi connectivity index (χ2v) is 10.0. The maximum Gasteiger partial charge on any atom is 0.234 e. The Hall–Kier alpha value is -3.28. The Kier molecular flexibility index (Phi) is 7.25. The lowest BCUT2D eigenvalue weighted by atomic mass is 9.85. The van der Waals surface area contributed by atoms with E-state index in [1.807, 2.05) is 51.0 Å². The van der Waals surface area contributed by atoms with E-state index in [0.717, 1.165) is 46.0 Å². The first-order chi connectivity index (χ1) is 16.4. The lowest BCUT2D eigenvalue weighted by Gasteiger charge is -2.28. The van der Waals surface area contributed by atoms with Gasteiger partial charge in [-0.1, -0.05) is 29.5 Å². The average Bonchev–Trinajstić information content (AvgIpc) is 3.28. The van der Waals surface area contributed by atoms with Crippen LogP contribution in [0.4, 0.5) is 0 Å². The number of nitrogens with zero attached hydrogens (tertiary/aromatic N) is 4. The van der Waals surface area contributed by atoms with Gasteiger partial charge in [0.05, 0.1) is 24.3 Å². The number of benzene rings is 2. The van der Waals surface area contributed by atoms with E-state index >= 15 is 0 Å². The summed E-state index contributed by atoms with van der Waals surface area (Å²) in [5.74, 6) is 0.607. The summed E-state index contributed by atoms with van der Waals surface area (Å²) in [5.41, 5.74) is 4.78. The molecule has 7 nitrogen and oxygen atoms in total. The molecule has 1 aliphatic carbocycles. The van der Waals surface area contributed by atoms with Crippen LogP contribution in [0.5, 0.6) is 5.75 Å². The number of nitrogens with one attached hydrogen (secondary N) is 1. The number of likely N-dealkylation sites (N-methyl/N-ethyl adjacent to an activating group) is 1. The second kappa shape index (κ2) is 10.3. The Balaban J connectivity index is 1.62. The van der Waals surface area contributed by atoms with Crippen LogP contribution < -0.4 is 10.1 Å². The van der Waals surface area contributed by atoms with Crippen LogP contribution in [-0.2, 0) is 11.2 Å². The minimum absolute atomic E-state index is 0.00756. The van der Waals surface area contributed by atoms with Crippen molar-refractivity contribution in [3.8, 4) is 33.0 Å². The van der Waals surface area contributed by atoms with Crippen LogP contribution in [-0.4, -0.2) is 47.7 Å². The molecule has 4 rings (SSSR count). The van der Waals surface area contributed by atoms with Gasteiger partial charge < -0.3 is 15.0 Å². The SMILES string of the molecule is CC(C)Oc1ccc(-c2nnc(-c3cccc4c3CCCC4NC(=O)CN(C)C)s2)cc1C#N. The van der Waals surface area contributed by atoms with Gasteiger partial charge in [-0.05, 0) is 76.5 Å². The number of fused-ring (bicyclic) bond motifs is 1. The summed E-state index contributed by atoms with van der Waals surface area (Å²) in [6, 6.07) is 14.0. The van der Waals surface area contributed by atoms with Crippen molar-refractivity contribution in [3.05, 3.63) is 53.1 Å². The predicted molar refractivity (Wildman–Crippen MR) is 134 cm³/mol. The zero-order chi connectivity index (χ0) is 24.2. The van der Waals surface area contributed by atoms with Crippen LogP contribution in [0.3, 0.4) is 0 Å². The van der Waals surface area contributed by atoms with Crippen molar-refractivity contribution in [2.75, 3.05) is 20.6 Å². The first kappa shape index (κ1) is 23.9. The highest BCUT2D eigenvalue weighted by molar-refractivity contribution is 7.17. The van der Waals surface area contributed by atoms with Gasteiger partial charge in [0.25, 0.3) is 0 Å². The molecule has 0 radical (unpaired) electrons. The summed E-state index contributed by atoms with van der Waals surface area (Å²) in [5, 5.41) is 23.3. The van der Waals surface area contributed by atoms with Gasteiger partial charge in [0.1, 0.15) is 21.8 Å². The molecule has 0 bridgehead atoms. The third-order valence-corrected chi connectivity index (χ3v) is 6.67. The number of amides is 1. The molecule has 1 aromatic heterocycles. The lowest BCUT2D eigenvalue weighted by molar-refractivity contribution is -0.122. The lowest BCUT2D eigenvalue weighted by Crippen LogP contribution is -2.37. The van der Waals surface area contributed by atoms with E-state index in [1.165, 1.54) is 16.9 Å². The summed E-state index contributed by atoms with van der Waals surface area (Å²) in [6.07, 6.45) is 2.87. The summed E-state index contributed by atoms with van der Waals surface area (Å²) in [7, 11) is 3.79. The topological polar surface area (TPSA) is 91.1 Å². The fourth-order valence-electron chi connectivity index (χ4n) is 4.28. The number of nitriles is 1. The number of carbonyl (C=O) groups excluding carboxylic acids is 1. The Labute approximate surface area is 204 Å².